The van der Waals surface area contributed by atoms with Crippen LogP contribution in [0, 0.1) is 0 Å². The summed E-state index contributed by atoms with van der Waals surface area (Å²) in [5, 5.41) is 10.7. The summed E-state index contributed by atoms with van der Waals surface area (Å²) in [6.45, 7) is 8.36. The zero-order valence-corrected chi connectivity index (χ0v) is 12.7. The van der Waals surface area contributed by atoms with Gasteiger partial charge in [-0.1, -0.05) is 32.9 Å². The van der Waals surface area contributed by atoms with Crippen molar-refractivity contribution in [3.8, 4) is 11.5 Å². The second-order valence-corrected chi connectivity index (χ2v) is 6.27. The summed E-state index contributed by atoms with van der Waals surface area (Å²) in [7, 11) is 0. The highest BCUT2D eigenvalue weighted by Crippen LogP contribution is 2.35. The maximum Gasteiger partial charge on any atom is 0.231 e. The lowest BCUT2D eigenvalue weighted by Crippen LogP contribution is -2.19. The Bertz CT molecular complexity index is 629. The second-order valence-electron chi connectivity index (χ2n) is 6.27. The predicted octanol–water partition coefficient (Wildman–Crippen LogP) is 2.73. The first-order valence-corrected chi connectivity index (χ1v) is 7.16. The normalized spacial score (nSPS) is 13.7. The minimum atomic E-state index is 0.0679. The highest BCUT2D eigenvalue weighted by Gasteiger charge is 2.20. The predicted molar refractivity (Wildman–Crippen MR) is 80.4 cm³/mol. The Morgan fingerprint density at radius 2 is 2.00 bits per heavy atom. The van der Waals surface area contributed by atoms with Crippen LogP contribution >= 0.6 is 0 Å². The van der Waals surface area contributed by atoms with Gasteiger partial charge in [0.15, 0.2) is 11.5 Å². The molecule has 2 aromatic rings. The molecule has 0 saturated carbocycles. The number of benzene rings is 1. The van der Waals surface area contributed by atoms with Crippen molar-refractivity contribution in [3.63, 3.8) is 0 Å². The molecule has 0 radical (unpaired) electrons. The molecule has 21 heavy (non-hydrogen) atoms. The van der Waals surface area contributed by atoms with Gasteiger partial charge in [-0.25, -0.2) is 0 Å². The van der Waals surface area contributed by atoms with Gasteiger partial charge in [0.2, 0.25) is 6.79 Å². The van der Waals surface area contributed by atoms with Gasteiger partial charge in [0, 0.05) is 35.3 Å². The maximum absolute atomic E-state index is 5.51. The van der Waals surface area contributed by atoms with E-state index < -0.39 is 0 Å². The third-order valence-electron chi connectivity index (χ3n) is 3.58. The molecule has 0 unspecified atom stereocenters. The molecular formula is C16H21N3O2. The van der Waals surface area contributed by atoms with E-state index >= 15 is 0 Å². The molecule has 1 aromatic carbocycles. The van der Waals surface area contributed by atoms with E-state index in [0.29, 0.717) is 6.79 Å². The van der Waals surface area contributed by atoms with Crippen molar-refractivity contribution in [2.24, 2.45) is 0 Å². The topological polar surface area (TPSA) is 59.2 Å². The lowest BCUT2D eigenvalue weighted by Gasteiger charge is -2.18. The molecule has 2 N–H and O–H groups in total. The zero-order valence-electron chi connectivity index (χ0n) is 12.7. The SMILES string of the molecule is CC(C)(C)c1[nH]ncc1CNCc1cccc2c1OCO2. The van der Waals surface area contributed by atoms with Crippen LogP contribution in [-0.4, -0.2) is 17.0 Å². The minimum Gasteiger partial charge on any atom is -0.454 e. The van der Waals surface area contributed by atoms with Crippen LogP contribution in [0.25, 0.3) is 0 Å². The van der Waals surface area contributed by atoms with Crippen molar-refractivity contribution < 1.29 is 9.47 Å². The van der Waals surface area contributed by atoms with Gasteiger partial charge in [-0.3, -0.25) is 5.10 Å². The van der Waals surface area contributed by atoms with Crippen molar-refractivity contribution in [3.05, 3.63) is 41.2 Å². The maximum atomic E-state index is 5.51. The highest BCUT2D eigenvalue weighted by molar-refractivity contribution is 5.48. The second kappa shape index (κ2) is 5.41. The summed E-state index contributed by atoms with van der Waals surface area (Å²) >= 11 is 0. The number of H-pyrrole nitrogens is 1. The molecule has 1 aliphatic rings. The molecule has 0 saturated heterocycles. The van der Waals surface area contributed by atoms with E-state index in [1.807, 2.05) is 18.3 Å². The first kappa shape index (κ1) is 13.9. The fourth-order valence-corrected chi connectivity index (χ4v) is 2.56. The smallest absolute Gasteiger partial charge is 0.231 e. The van der Waals surface area contributed by atoms with Crippen LogP contribution in [0.5, 0.6) is 11.5 Å². The average molecular weight is 287 g/mol. The van der Waals surface area contributed by atoms with Crippen LogP contribution in [0.1, 0.15) is 37.6 Å². The van der Waals surface area contributed by atoms with Gasteiger partial charge < -0.3 is 14.8 Å². The lowest BCUT2D eigenvalue weighted by molar-refractivity contribution is 0.173. The Morgan fingerprint density at radius 3 is 2.81 bits per heavy atom. The van der Waals surface area contributed by atoms with Gasteiger partial charge in [0.25, 0.3) is 0 Å². The fourth-order valence-electron chi connectivity index (χ4n) is 2.56. The van der Waals surface area contributed by atoms with Crippen molar-refractivity contribution in [1.82, 2.24) is 15.5 Å². The molecule has 1 aliphatic heterocycles. The number of rotatable bonds is 4. The molecule has 0 spiro atoms. The Labute approximate surface area is 124 Å². The van der Waals surface area contributed by atoms with Crippen molar-refractivity contribution >= 4 is 0 Å². The largest absolute Gasteiger partial charge is 0.454 e. The lowest BCUT2D eigenvalue weighted by atomic mass is 9.89. The summed E-state index contributed by atoms with van der Waals surface area (Å²) in [5.41, 5.74) is 3.56. The molecule has 0 amide bonds. The van der Waals surface area contributed by atoms with Crippen LogP contribution in [0.15, 0.2) is 24.4 Å². The third kappa shape index (κ3) is 2.88. The highest BCUT2D eigenvalue weighted by atomic mass is 16.7. The number of aromatic amines is 1. The molecule has 0 bridgehead atoms. The molecule has 5 heteroatoms. The summed E-state index contributed by atoms with van der Waals surface area (Å²) < 4.78 is 10.9. The number of ether oxygens (including phenoxy) is 2. The van der Waals surface area contributed by atoms with Gasteiger partial charge >= 0.3 is 0 Å². The van der Waals surface area contributed by atoms with Crippen LogP contribution in [-0.2, 0) is 18.5 Å². The first-order chi connectivity index (χ1) is 10.1. The van der Waals surface area contributed by atoms with Crippen molar-refractivity contribution in [2.45, 2.75) is 39.3 Å². The van der Waals surface area contributed by atoms with E-state index in [2.05, 4.69) is 42.4 Å². The minimum absolute atomic E-state index is 0.0679. The van der Waals surface area contributed by atoms with Gasteiger partial charge in [0.1, 0.15) is 0 Å². The molecule has 112 valence electrons. The molecule has 0 aliphatic carbocycles. The summed E-state index contributed by atoms with van der Waals surface area (Å²) in [6.07, 6.45) is 1.89. The number of aromatic nitrogens is 2. The van der Waals surface area contributed by atoms with Gasteiger partial charge in [-0.2, -0.15) is 5.10 Å². The van der Waals surface area contributed by atoms with E-state index in [0.717, 1.165) is 30.2 Å². The fraction of sp³-hybridized carbons (Fsp3) is 0.438. The summed E-state index contributed by atoms with van der Waals surface area (Å²) in [6, 6.07) is 5.98. The Kier molecular flexibility index (Phi) is 3.59. The zero-order chi connectivity index (χ0) is 14.9. The molecule has 0 fully saturated rings. The molecular weight excluding hydrogens is 266 g/mol. The van der Waals surface area contributed by atoms with Crippen LogP contribution in [0.3, 0.4) is 0 Å². The number of fused-ring (bicyclic) bond motifs is 1. The number of para-hydroxylation sites is 1. The number of hydrogen-bond donors (Lipinski definition) is 2. The first-order valence-electron chi connectivity index (χ1n) is 7.16. The van der Waals surface area contributed by atoms with Crippen molar-refractivity contribution in [2.75, 3.05) is 6.79 Å². The van der Waals surface area contributed by atoms with Crippen molar-refractivity contribution in [1.29, 1.82) is 0 Å². The number of nitrogens with one attached hydrogen (secondary N) is 2. The molecule has 1 aromatic heterocycles. The number of hydrogen-bond acceptors (Lipinski definition) is 4. The van der Waals surface area contributed by atoms with E-state index in [-0.39, 0.29) is 5.41 Å². The monoisotopic (exact) mass is 287 g/mol. The van der Waals surface area contributed by atoms with Crippen LogP contribution < -0.4 is 14.8 Å². The third-order valence-corrected chi connectivity index (χ3v) is 3.58. The van der Waals surface area contributed by atoms with E-state index in [4.69, 9.17) is 9.47 Å². The Balaban J connectivity index is 1.65. The molecule has 2 heterocycles. The van der Waals surface area contributed by atoms with E-state index in [1.54, 1.807) is 0 Å². The van der Waals surface area contributed by atoms with E-state index in [9.17, 15) is 0 Å². The average Bonchev–Trinajstić information content (AvgIpc) is 3.06. The molecule has 0 atom stereocenters. The number of nitrogens with zero attached hydrogens (tertiary/aromatic N) is 1. The Morgan fingerprint density at radius 1 is 1.19 bits per heavy atom. The summed E-state index contributed by atoms with van der Waals surface area (Å²) in [5.74, 6) is 1.68. The Hall–Kier alpha value is -2.01. The molecule has 3 rings (SSSR count). The quantitative estimate of drug-likeness (QED) is 0.907. The van der Waals surface area contributed by atoms with Gasteiger partial charge in [0.05, 0.1) is 6.20 Å². The van der Waals surface area contributed by atoms with Gasteiger partial charge in [-0.05, 0) is 6.07 Å². The molecule has 5 nitrogen and oxygen atoms in total. The van der Waals surface area contributed by atoms with Gasteiger partial charge in [-0.15, -0.1) is 0 Å². The van der Waals surface area contributed by atoms with Crippen LogP contribution in [0.4, 0.5) is 0 Å². The van der Waals surface area contributed by atoms with Crippen LogP contribution in [0.2, 0.25) is 0 Å². The standard InChI is InChI=1S/C16H21N3O2/c1-16(2,3)15-12(9-18-19-15)8-17-7-11-5-4-6-13-14(11)21-10-20-13/h4-6,9,17H,7-8,10H2,1-3H3,(H,18,19). The summed E-state index contributed by atoms with van der Waals surface area (Å²) in [4.78, 5) is 0. The van der Waals surface area contributed by atoms with E-state index in [1.165, 1.54) is 11.3 Å².